The first-order valence-corrected chi connectivity index (χ1v) is 25.4. The molecule has 0 saturated carbocycles. The lowest BCUT2D eigenvalue weighted by Gasteiger charge is -2.38. The number of ether oxygens (including phenoxy) is 2. The van der Waals surface area contributed by atoms with Crippen LogP contribution in [-0.2, 0) is 19.1 Å². The van der Waals surface area contributed by atoms with Crippen molar-refractivity contribution in [3.63, 3.8) is 0 Å². The normalized spacial score (nSPS) is 23.4. The number of carbonyl (C=O) groups excluding carboxylic acids is 4. The number of carbonyl (C=O) groups is 4. The van der Waals surface area contributed by atoms with Gasteiger partial charge in [-0.1, -0.05) is 47.6 Å². The van der Waals surface area contributed by atoms with E-state index in [1.54, 1.807) is 20.8 Å². The van der Waals surface area contributed by atoms with Gasteiger partial charge in [0.05, 0.1) is 60.5 Å². The SMILES string of the molecule is COC(=O)N[C@H](C(=O)N1CCC[C@H]1c1nc2cc([C@H]3CC[C@H](c4cc5nc([C@@H]6CCCN6C(=O)[C@@H](NC(=O)OC)C(C)C)[nH]c5cc4F)N3c3cc(F)c(N4CC(C)CC(C)C4)c(F)c3)ccc2[nH]1)C(C)C. The van der Waals surface area contributed by atoms with Crippen molar-refractivity contribution in [3.05, 3.63) is 82.7 Å². The maximum absolute atomic E-state index is 16.9. The molecule has 19 heteroatoms. The average molecular weight is 997 g/mol. The van der Waals surface area contributed by atoms with Crippen LogP contribution in [0.25, 0.3) is 22.1 Å². The molecule has 0 radical (unpaired) electrons. The first-order chi connectivity index (χ1) is 34.4. The first-order valence-electron chi connectivity index (χ1n) is 25.4. The van der Waals surface area contributed by atoms with E-state index in [9.17, 15) is 19.2 Å². The van der Waals surface area contributed by atoms with Crippen molar-refractivity contribution in [1.82, 2.24) is 40.4 Å². The minimum Gasteiger partial charge on any atom is -0.453 e. The number of benzene rings is 3. The lowest BCUT2D eigenvalue weighted by Crippen LogP contribution is -2.51. The Kier molecular flexibility index (Phi) is 14.4. The molecule has 4 N–H and O–H groups in total. The van der Waals surface area contributed by atoms with E-state index in [0.717, 1.165) is 23.9 Å². The van der Waals surface area contributed by atoms with Gasteiger partial charge in [0.25, 0.3) is 0 Å². The van der Waals surface area contributed by atoms with Crippen LogP contribution in [-0.4, -0.2) is 106 Å². The number of rotatable bonds is 12. The highest BCUT2D eigenvalue weighted by Gasteiger charge is 2.42. The molecule has 4 amide bonds. The van der Waals surface area contributed by atoms with Crippen LogP contribution in [0.4, 0.5) is 34.1 Å². The van der Waals surface area contributed by atoms with E-state index in [-0.39, 0.29) is 52.9 Å². The Balaban J connectivity index is 1.06. The van der Waals surface area contributed by atoms with Gasteiger partial charge in [0.2, 0.25) is 11.8 Å². The molecule has 3 aromatic carbocycles. The number of piperidine rings is 1. The van der Waals surface area contributed by atoms with Gasteiger partial charge in [-0.25, -0.2) is 32.7 Å². The minimum atomic E-state index is -0.826. The topological polar surface area (TPSA) is 181 Å². The molecule has 0 aliphatic carbocycles. The molecule has 386 valence electrons. The molecule has 0 bridgehead atoms. The molecule has 0 spiro atoms. The molecule has 5 aromatic rings. The number of hydrogen-bond acceptors (Lipinski definition) is 10. The van der Waals surface area contributed by atoms with Gasteiger partial charge in [0.15, 0.2) is 11.6 Å². The maximum atomic E-state index is 16.9. The van der Waals surface area contributed by atoms with Crippen molar-refractivity contribution < 1.29 is 41.8 Å². The molecular formula is C53H67F3N10O6. The van der Waals surface area contributed by atoms with E-state index >= 15 is 13.2 Å². The molecule has 4 fully saturated rings. The summed E-state index contributed by atoms with van der Waals surface area (Å²) in [6.07, 6.45) is 3.25. The zero-order chi connectivity index (χ0) is 51.3. The largest absolute Gasteiger partial charge is 0.453 e. The average Bonchev–Trinajstić information content (AvgIpc) is 4.20. The summed E-state index contributed by atoms with van der Waals surface area (Å²) in [7, 11) is 2.51. The summed E-state index contributed by atoms with van der Waals surface area (Å²) >= 11 is 0. The van der Waals surface area contributed by atoms with Crippen LogP contribution in [0.5, 0.6) is 0 Å². The number of imidazole rings is 2. The number of nitrogens with zero attached hydrogens (tertiary/aromatic N) is 6. The number of aromatic nitrogens is 4. The number of methoxy groups -OCH3 is 2. The van der Waals surface area contributed by atoms with Crippen molar-refractivity contribution >= 4 is 57.4 Å². The van der Waals surface area contributed by atoms with Crippen molar-refractivity contribution in [3.8, 4) is 0 Å². The van der Waals surface area contributed by atoms with Gasteiger partial charge in [-0.15, -0.1) is 0 Å². The summed E-state index contributed by atoms with van der Waals surface area (Å²) in [6, 6.07) is 8.09. The molecule has 9 rings (SSSR count). The fraction of sp³-hybridized carbons (Fsp3) is 0.547. The van der Waals surface area contributed by atoms with E-state index in [1.165, 1.54) is 32.4 Å². The van der Waals surface area contributed by atoms with Crippen LogP contribution in [0.2, 0.25) is 0 Å². The van der Waals surface area contributed by atoms with E-state index in [4.69, 9.17) is 19.4 Å². The molecule has 6 heterocycles. The zero-order valence-corrected chi connectivity index (χ0v) is 42.4. The third kappa shape index (κ3) is 9.74. The maximum Gasteiger partial charge on any atom is 0.407 e. The van der Waals surface area contributed by atoms with Gasteiger partial charge < -0.3 is 49.7 Å². The Morgan fingerprint density at radius 2 is 1.17 bits per heavy atom. The summed E-state index contributed by atoms with van der Waals surface area (Å²) in [5, 5.41) is 5.36. The van der Waals surface area contributed by atoms with Crippen LogP contribution >= 0.6 is 0 Å². The van der Waals surface area contributed by atoms with Gasteiger partial charge in [-0.2, -0.15) is 0 Å². The number of alkyl carbamates (subject to hydrolysis) is 2. The second kappa shape index (κ2) is 20.5. The van der Waals surface area contributed by atoms with Crippen LogP contribution < -0.4 is 20.4 Å². The molecule has 4 aliphatic rings. The summed E-state index contributed by atoms with van der Waals surface area (Å²) < 4.78 is 59.8. The van der Waals surface area contributed by atoms with Gasteiger partial charge in [0.1, 0.15) is 35.2 Å². The Morgan fingerprint density at radius 1 is 0.653 bits per heavy atom. The summed E-state index contributed by atoms with van der Waals surface area (Å²) in [5.41, 5.74) is 3.61. The lowest BCUT2D eigenvalue weighted by atomic mass is 9.91. The predicted octanol–water partition coefficient (Wildman–Crippen LogP) is 9.51. The molecule has 2 aromatic heterocycles. The molecule has 16 nitrogen and oxygen atoms in total. The van der Waals surface area contributed by atoms with Crippen molar-refractivity contribution in [2.45, 2.75) is 123 Å². The highest BCUT2D eigenvalue weighted by Crippen LogP contribution is 2.50. The standard InChI is InChI=1S/C53H67F3N10O6/c1-27(2)45(61-52(69)71-7)50(67)64-17-9-11-43(64)48-57-37-14-13-31(20-38(37)58-48)41-15-16-42(66(41)32-21-35(55)47(36(56)22-32)63-25-29(5)19-30(6)26-63)33-23-39-40(24-34(33)54)60-49(59-39)44-12-10-18-65(44)51(68)46(28(3)4)62-53(70)72-8/h13-14,20-24,27-30,41-46H,9-12,15-19,25-26H2,1-8H3,(H,57,58)(H,59,60)(H,61,69)(H,62,70)/t29?,30?,41-,42-,43+,44+,45+,46+/m1/s1. The molecule has 2 unspecified atom stereocenters. The van der Waals surface area contributed by atoms with Gasteiger partial charge in [-0.05, 0) is 111 Å². The second-order valence-electron chi connectivity index (χ2n) is 21.1. The predicted molar refractivity (Wildman–Crippen MR) is 267 cm³/mol. The van der Waals surface area contributed by atoms with E-state index in [2.05, 4.69) is 34.4 Å². The smallest absolute Gasteiger partial charge is 0.407 e. The number of H-pyrrole nitrogens is 2. The highest BCUT2D eigenvalue weighted by atomic mass is 19.1. The molecule has 8 atom stereocenters. The quantitative estimate of drug-likeness (QED) is 0.0940. The number of likely N-dealkylation sites (tertiary alicyclic amines) is 2. The molecule has 4 saturated heterocycles. The number of aromatic amines is 2. The number of halogens is 3. The monoisotopic (exact) mass is 997 g/mol. The molecular weight excluding hydrogens is 930 g/mol. The minimum absolute atomic E-state index is 0.0629. The Labute approximate surface area is 417 Å². The van der Waals surface area contributed by atoms with Gasteiger partial charge in [0, 0.05) is 37.4 Å². The Hall–Kier alpha value is -6.53. The van der Waals surface area contributed by atoms with Crippen LogP contribution in [0, 0.1) is 41.1 Å². The van der Waals surface area contributed by atoms with Crippen LogP contribution in [0.3, 0.4) is 0 Å². The van der Waals surface area contributed by atoms with Crippen molar-refractivity contribution in [2.75, 3.05) is 50.2 Å². The zero-order valence-electron chi connectivity index (χ0n) is 42.4. The third-order valence-corrected chi connectivity index (χ3v) is 15.2. The lowest BCUT2D eigenvalue weighted by molar-refractivity contribution is -0.136. The number of anilines is 2. The van der Waals surface area contributed by atoms with Crippen molar-refractivity contribution in [1.29, 1.82) is 0 Å². The number of nitrogens with one attached hydrogen (secondary N) is 4. The Bertz CT molecular complexity index is 2820. The number of hydrogen-bond donors (Lipinski definition) is 4. The van der Waals surface area contributed by atoms with E-state index in [0.29, 0.717) is 92.0 Å². The van der Waals surface area contributed by atoms with Crippen LogP contribution in [0.1, 0.15) is 133 Å². The van der Waals surface area contributed by atoms with Crippen molar-refractivity contribution in [2.24, 2.45) is 23.7 Å². The summed E-state index contributed by atoms with van der Waals surface area (Å²) in [6.45, 7) is 13.6. The molecule has 4 aliphatic heterocycles. The summed E-state index contributed by atoms with van der Waals surface area (Å²) in [5.74, 6) is -1.20. The Morgan fingerprint density at radius 3 is 1.69 bits per heavy atom. The fourth-order valence-corrected chi connectivity index (χ4v) is 11.9. The van der Waals surface area contributed by atoms with E-state index < -0.39 is 59.8 Å². The van der Waals surface area contributed by atoms with E-state index in [1.807, 2.05) is 50.8 Å². The van der Waals surface area contributed by atoms with Gasteiger partial charge >= 0.3 is 12.2 Å². The second-order valence-corrected chi connectivity index (χ2v) is 21.1. The van der Waals surface area contributed by atoms with Gasteiger partial charge in [-0.3, -0.25) is 9.59 Å². The summed E-state index contributed by atoms with van der Waals surface area (Å²) in [4.78, 5) is 76.1. The number of fused-ring (bicyclic) bond motifs is 2. The van der Waals surface area contributed by atoms with Crippen LogP contribution in [0.15, 0.2) is 42.5 Å². The highest BCUT2D eigenvalue weighted by molar-refractivity contribution is 5.88. The first kappa shape index (κ1) is 50.4. The third-order valence-electron chi connectivity index (χ3n) is 15.2. The fourth-order valence-electron chi connectivity index (χ4n) is 11.9. The number of amides is 4. The molecule has 72 heavy (non-hydrogen) atoms.